The number of rotatable bonds is 2. The molecule has 0 aromatic carbocycles. The summed E-state index contributed by atoms with van der Waals surface area (Å²) in [4.78, 5) is 13.5. The fourth-order valence-corrected chi connectivity index (χ4v) is 2.06. The topological polar surface area (TPSA) is 46.3 Å². The van der Waals surface area contributed by atoms with Gasteiger partial charge in [0.15, 0.2) is 0 Å². The second kappa shape index (κ2) is 4.86. The predicted octanol–water partition coefficient (Wildman–Crippen LogP) is 1.24. The van der Waals surface area contributed by atoms with Crippen molar-refractivity contribution < 1.29 is 4.79 Å². The number of carbonyl (C=O) groups excluding carboxylic acids is 1. The van der Waals surface area contributed by atoms with Gasteiger partial charge in [-0.15, -0.1) is 0 Å². The highest BCUT2D eigenvalue weighted by molar-refractivity contribution is 7.97. The molecule has 0 radical (unpaired) electrons. The van der Waals surface area contributed by atoms with Crippen LogP contribution in [0.3, 0.4) is 0 Å². The van der Waals surface area contributed by atoms with E-state index in [1.54, 1.807) is 0 Å². The molecule has 0 bridgehead atoms. The van der Waals surface area contributed by atoms with Gasteiger partial charge in [-0.25, -0.2) is 0 Å². The Bertz CT molecular complexity index is 176. The number of hydrogen-bond acceptors (Lipinski definition) is 3. The Labute approximate surface area is 84.2 Å². The second-order valence-electron chi connectivity index (χ2n) is 3.82. The number of piperidine rings is 1. The van der Waals surface area contributed by atoms with Crippen molar-refractivity contribution in [1.82, 2.24) is 4.90 Å². The van der Waals surface area contributed by atoms with E-state index in [0.717, 1.165) is 25.9 Å². The van der Waals surface area contributed by atoms with E-state index in [2.05, 4.69) is 0 Å². The summed E-state index contributed by atoms with van der Waals surface area (Å²) in [6.45, 7) is 5.66. The van der Waals surface area contributed by atoms with E-state index in [-0.39, 0.29) is 11.8 Å². The van der Waals surface area contributed by atoms with E-state index in [1.807, 2.05) is 18.7 Å². The van der Waals surface area contributed by atoms with Crippen LogP contribution in [-0.2, 0) is 4.79 Å². The third-order valence-electron chi connectivity index (χ3n) is 2.44. The third-order valence-corrected chi connectivity index (χ3v) is 3.30. The Hall–Kier alpha value is -0.220. The molecule has 0 saturated carbocycles. The average molecular weight is 202 g/mol. The molecule has 1 heterocycles. The minimum atomic E-state index is 0.127. The lowest BCUT2D eigenvalue weighted by Crippen LogP contribution is -2.41. The van der Waals surface area contributed by atoms with Crippen LogP contribution in [0.1, 0.15) is 26.7 Å². The third kappa shape index (κ3) is 2.88. The maximum Gasteiger partial charge on any atom is 0.225 e. The van der Waals surface area contributed by atoms with Crippen LogP contribution in [0.4, 0.5) is 0 Å². The summed E-state index contributed by atoms with van der Waals surface area (Å²) in [5.41, 5.74) is 0. The summed E-state index contributed by atoms with van der Waals surface area (Å²) in [5.74, 6) is 0.405. The molecule has 0 aliphatic carbocycles. The number of hydrogen-bond donors (Lipinski definition) is 1. The summed E-state index contributed by atoms with van der Waals surface area (Å²) in [6.07, 6.45) is 2.08. The zero-order chi connectivity index (χ0) is 9.84. The highest BCUT2D eigenvalue weighted by Crippen LogP contribution is 2.20. The van der Waals surface area contributed by atoms with E-state index in [0.29, 0.717) is 5.25 Å². The van der Waals surface area contributed by atoms with Crippen molar-refractivity contribution in [2.45, 2.75) is 31.9 Å². The molecular formula is C9H18N2OS. The van der Waals surface area contributed by atoms with Crippen LogP contribution in [0.15, 0.2) is 0 Å². The molecule has 3 nitrogen and oxygen atoms in total. The van der Waals surface area contributed by atoms with Crippen LogP contribution in [-0.4, -0.2) is 29.1 Å². The Kier molecular flexibility index (Phi) is 4.06. The van der Waals surface area contributed by atoms with E-state index in [1.165, 1.54) is 11.9 Å². The summed E-state index contributed by atoms with van der Waals surface area (Å²) >= 11 is 1.43. The van der Waals surface area contributed by atoms with Crippen molar-refractivity contribution in [3.63, 3.8) is 0 Å². The van der Waals surface area contributed by atoms with Crippen LogP contribution < -0.4 is 5.14 Å². The lowest BCUT2D eigenvalue weighted by molar-refractivity contribution is -0.135. The first-order valence-corrected chi connectivity index (χ1v) is 5.73. The predicted molar refractivity (Wildman–Crippen MR) is 56.2 cm³/mol. The van der Waals surface area contributed by atoms with Gasteiger partial charge in [-0.1, -0.05) is 25.8 Å². The van der Waals surface area contributed by atoms with Crippen LogP contribution in [0.25, 0.3) is 0 Å². The van der Waals surface area contributed by atoms with Gasteiger partial charge >= 0.3 is 0 Å². The van der Waals surface area contributed by atoms with Crippen molar-refractivity contribution in [3.8, 4) is 0 Å². The second-order valence-corrected chi connectivity index (χ2v) is 4.75. The standard InChI is InChI=1S/C9H18N2OS/c1-7(2)9(12)11-5-3-8(13-10)4-6-11/h7-8H,3-6,10H2,1-2H3. The Morgan fingerprint density at radius 1 is 1.46 bits per heavy atom. The average Bonchev–Trinajstić information content (AvgIpc) is 2.17. The van der Waals surface area contributed by atoms with Gasteiger partial charge in [0.1, 0.15) is 0 Å². The number of nitrogens with zero attached hydrogens (tertiary/aromatic N) is 1. The first-order chi connectivity index (χ1) is 6.15. The molecule has 0 aromatic heterocycles. The molecule has 76 valence electrons. The highest BCUT2D eigenvalue weighted by Gasteiger charge is 2.23. The smallest absolute Gasteiger partial charge is 0.225 e. The largest absolute Gasteiger partial charge is 0.342 e. The van der Waals surface area contributed by atoms with Gasteiger partial charge in [-0.3, -0.25) is 9.93 Å². The molecule has 1 aliphatic heterocycles. The van der Waals surface area contributed by atoms with E-state index in [4.69, 9.17) is 5.14 Å². The van der Waals surface area contributed by atoms with Gasteiger partial charge in [-0.2, -0.15) is 0 Å². The number of likely N-dealkylation sites (tertiary alicyclic amines) is 1. The van der Waals surface area contributed by atoms with Gasteiger partial charge in [-0.05, 0) is 12.8 Å². The molecule has 1 saturated heterocycles. The monoisotopic (exact) mass is 202 g/mol. The Morgan fingerprint density at radius 3 is 2.38 bits per heavy atom. The molecular weight excluding hydrogens is 184 g/mol. The van der Waals surface area contributed by atoms with Crippen molar-refractivity contribution >= 4 is 17.9 Å². The maximum atomic E-state index is 11.6. The number of amides is 1. The van der Waals surface area contributed by atoms with Crippen LogP contribution in [0, 0.1) is 5.92 Å². The lowest BCUT2D eigenvalue weighted by atomic mass is 10.1. The quantitative estimate of drug-likeness (QED) is 0.685. The van der Waals surface area contributed by atoms with Gasteiger partial charge in [0.25, 0.3) is 0 Å². The molecule has 0 spiro atoms. The minimum Gasteiger partial charge on any atom is -0.342 e. The zero-order valence-corrected chi connectivity index (χ0v) is 9.14. The summed E-state index contributed by atoms with van der Waals surface area (Å²) in [6, 6.07) is 0. The van der Waals surface area contributed by atoms with Gasteiger partial charge in [0, 0.05) is 24.3 Å². The van der Waals surface area contributed by atoms with Crippen molar-refractivity contribution in [3.05, 3.63) is 0 Å². The Morgan fingerprint density at radius 2 is 2.00 bits per heavy atom. The maximum absolute atomic E-state index is 11.6. The summed E-state index contributed by atoms with van der Waals surface area (Å²) in [5, 5.41) is 6.05. The fourth-order valence-electron chi connectivity index (χ4n) is 1.58. The first-order valence-electron chi connectivity index (χ1n) is 4.79. The molecule has 1 rings (SSSR count). The van der Waals surface area contributed by atoms with Crippen molar-refractivity contribution in [2.75, 3.05) is 13.1 Å². The lowest BCUT2D eigenvalue weighted by Gasteiger charge is -2.32. The summed E-state index contributed by atoms with van der Waals surface area (Å²) < 4.78 is 0. The van der Waals surface area contributed by atoms with E-state index >= 15 is 0 Å². The van der Waals surface area contributed by atoms with Crippen molar-refractivity contribution in [2.24, 2.45) is 11.1 Å². The first kappa shape index (κ1) is 10.9. The molecule has 4 heteroatoms. The molecule has 2 N–H and O–H groups in total. The van der Waals surface area contributed by atoms with E-state index < -0.39 is 0 Å². The highest BCUT2D eigenvalue weighted by atomic mass is 32.2. The van der Waals surface area contributed by atoms with E-state index in [9.17, 15) is 4.79 Å². The van der Waals surface area contributed by atoms with Gasteiger partial charge in [0.05, 0.1) is 0 Å². The number of nitrogens with two attached hydrogens (primary N) is 1. The van der Waals surface area contributed by atoms with Crippen LogP contribution in [0.5, 0.6) is 0 Å². The minimum absolute atomic E-state index is 0.127. The molecule has 0 unspecified atom stereocenters. The van der Waals surface area contributed by atoms with Crippen LogP contribution >= 0.6 is 11.9 Å². The molecule has 1 aliphatic rings. The van der Waals surface area contributed by atoms with Crippen molar-refractivity contribution in [1.29, 1.82) is 0 Å². The fraction of sp³-hybridized carbons (Fsp3) is 0.889. The molecule has 0 atom stereocenters. The molecule has 1 amide bonds. The van der Waals surface area contributed by atoms with Gasteiger partial charge in [0.2, 0.25) is 5.91 Å². The Balaban J connectivity index is 2.36. The normalized spacial score (nSPS) is 19.5. The summed E-state index contributed by atoms with van der Waals surface area (Å²) in [7, 11) is 0. The van der Waals surface area contributed by atoms with Crippen LogP contribution in [0.2, 0.25) is 0 Å². The number of carbonyl (C=O) groups is 1. The van der Waals surface area contributed by atoms with Gasteiger partial charge < -0.3 is 4.90 Å². The molecule has 0 aromatic rings. The zero-order valence-electron chi connectivity index (χ0n) is 8.32. The molecule has 13 heavy (non-hydrogen) atoms. The molecule has 1 fully saturated rings. The SMILES string of the molecule is CC(C)C(=O)N1CCC(SN)CC1.